The molecular weight excluding hydrogens is 315 g/mol. The van der Waals surface area contributed by atoms with E-state index >= 15 is 0 Å². The number of ether oxygens (including phenoxy) is 1. The molecule has 5 nitrogen and oxygen atoms in total. The van der Waals surface area contributed by atoms with E-state index in [0.717, 1.165) is 0 Å². The van der Waals surface area contributed by atoms with Crippen molar-refractivity contribution in [3.05, 3.63) is 57.8 Å². The van der Waals surface area contributed by atoms with E-state index < -0.39 is 11.9 Å². The number of pyridine rings is 1. The van der Waals surface area contributed by atoms with Crippen LogP contribution < -0.4 is 5.32 Å². The number of hydrogen-bond acceptors (Lipinski definition) is 4. The normalized spacial score (nSPS) is 10.0. The molecule has 0 aliphatic rings. The average molecular weight is 325 g/mol. The molecule has 0 bridgehead atoms. The van der Waals surface area contributed by atoms with Crippen molar-refractivity contribution in [3.63, 3.8) is 0 Å². The molecule has 21 heavy (non-hydrogen) atoms. The van der Waals surface area contributed by atoms with Gasteiger partial charge in [-0.05, 0) is 30.3 Å². The Kier molecular flexibility index (Phi) is 4.77. The first-order chi connectivity index (χ1) is 10.0. The van der Waals surface area contributed by atoms with Crippen LogP contribution in [0.3, 0.4) is 0 Å². The predicted octanol–water partition coefficient (Wildman–Crippen LogP) is 3.43. The van der Waals surface area contributed by atoms with Gasteiger partial charge in [-0.2, -0.15) is 0 Å². The van der Waals surface area contributed by atoms with Crippen LogP contribution in [0.4, 0.5) is 5.69 Å². The Labute approximate surface area is 130 Å². The third kappa shape index (κ3) is 3.71. The number of nitrogens with zero attached hydrogens (tertiary/aromatic N) is 1. The summed E-state index contributed by atoms with van der Waals surface area (Å²) in [7, 11) is 1.25. The third-order valence-electron chi connectivity index (χ3n) is 2.59. The largest absolute Gasteiger partial charge is 0.465 e. The van der Waals surface area contributed by atoms with Gasteiger partial charge in [-0.1, -0.05) is 23.2 Å². The van der Waals surface area contributed by atoms with Gasteiger partial charge >= 0.3 is 5.97 Å². The van der Waals surface area contributed by atoms with Crippen LogP contribution in [0.2, 0.25) is 10.0 Å². The fourth-order valence-electron chi connectivity index (χ4n) is 1.62. The number of hydrogen-bond donors (Lipinski definition) is 1. The molecule has 2 aromatic rings. The molecule has 2 rings (SSSR count). The van der Waals surface area contributed by atoms with Crippen molar-refractivity contribution in [2.75, 3.05) is 12.4 Å². The van der Waals surface area contributed by atoms with Crippen molar-refractivity contribution < 1.29 is 14.3 Å². The summed E-state index contributed by atoms with van der Waals surface area (Å²) in [4.78, 5) is 27.7. The summed E-state index contributed by atoms with van der Waals surface area (Å²) >= 11 is 11.7. The lowest BCUT2D eigenvalue weighted by atomic mass is 10.1. The molecule has 0 saturated heterocycles. The van der Waals surface area contributed by atoms with Crippen molar-refractivity contribution in [1.82, 2.24) is 4.98 Å². The first kappa shape index (κ1) is 15.3. The highest BCUT2D eigenvalue weighted by Crippen LogP contribution is 2.22. The van der Waals surface area contributed by atoms with Crippen LogP contribution in [0.15, 0.2) is 36.5 Å². The number of nitrogens with one attached hydrogen (secondary N) is 1. The van der Waals surface area contributed by atoms with Crippen molar-refractivity contribution in [2.45, 2.75) is 0 Å². The number of methoxy groups -OCH3 is 1. The molecule has 1 aromatic heterocycles. The van der Waals surface area contributed by atoms with Gasteiger partial charge in [0.1, 0.15) is 5.69 Å². The topological polar surface area (TPSA) is 68.3 Å². The monoisotopic (exact) mass is 324 g/mol. The van der Waals surface area contributed by atoms with Gasteiger partial charge in [-0.25, -0.2) is 4.79 Å². The standard InChI is InChI=1S/C14H10Cl2N2O3/c1-21-14(20)10-3-2-8(15)6-11(10)18-13(19)12-7-9(16)4-5-17-12/h2-7H,1H3,(H,18,19). The minimum absolute atomic E-state index is 0.123. The van der Waals surface area contributed by atoms with Gasteiger partial charge in [0.05, 0.1) is 18.4 Å². The summed E-state index contributed by atoms with van der Waals surface area (Å²) < 4.78 is 4.65. The number of esters is 1. The zero-order valence-electron chi connectivity index (χ0n) is 10.9. The molecular formula is C14H10Cl2N2O3. The number of carbonyl (C=O) groups excluding carboxylic acids is 2. The maximum absolute atomic E-state index is 12.1. The lowest BCUT2D eigenvalue weighted by molar-refractivity contribution is 0.0602. The zero-order valence-corrected chi connectivity index (χ0v) is 12.4. The minimum Gasteiger partial charge on any atom is -0.465 e. The molecule has 108 valence electrons. The summed E-state index contributed by atoms with van der Waals surface area (Å²) in [6, 6.07) is 7.42. The number of benzene rings is 1. The van der Waals surface area contributed by atoms with Gasteiger partial charge in [0, 0.05) is 16.2 Å². The molecule has 0 aliphatic heterocycles. The molecule has 0 aliphatic carbocycles. The summed E-state index contributed by atoms with van der Waals surface area (Å²) in [5.41, 5.74) is 0.552. The second-order valence-electron chi connectivity index (χ2n) is 3.99. The second-order valence-corrected chi connectivity index (χ2v) is 4.87. The lowest BCUT2D eigenvalue weighted by Gasteiger charge is -2.10. The Hall–Kier alpha value is -2.11. The highest BCUT2D eigenvalue weighted by Gasteiger charge is 2.16. The fourth-order valence-corrected chi connectivity index (χ4v) is 1.95. The average Bonchev–Trinajstić information content (AvgIpc) is 2.46. The summed E-state index contributed by atoms with van der Waals surface area (Å²) in [6.07, 6.45) is 1.41. The second kappa shape index (κ2) is 6.56. The van der Waals surface area contributed by atoms with Gasteiger partial charge in [-0.15, -0.1) is 0 Å². The number of anilines is 1. The van der Waals surface area contributed by atoms with Crippen LogP contribution in [-0.2, 0) is 4.74 Å². The van der Waals surface area contributed by atoms with Crippen LogP contribution in [0.25, 0.3) is 0 Å². The maximum atomic E-state index is 12.1. The first-order valence-corrected chi connectivity index (χ1v) is 6.57. The van der Waals surface area contributed by atoms with Gasteiger partial charge in [-0.3, -0.25) is 9.78 Å². The quantitative estimate of drug-likeness (QED) is 0.878. The third-order valence-corrected chi connectivity index (χ3v) is 3.06. The molecule has 7 heteroatoms. The predicted molar refractivity (Wildman–Crippen MR) is 80.0 cm³/mol. The van der Waals surface area contributed by atoms with Crippen molar-refractivity contribution >= 4 is 40.8 Å². The SMILES string of the molecule is COC(=O)c1ccc(Cl)cc1NC(=O)c1cc(Cl)ccn1. The maximum Gasteiger partial charge on any atom is 0.339 e. The number of carbonyl (C=O) groups is 2. The van der Waals surface area contributed by atoms with Gasteiger partial charge < -0.3 is 10.1 Å². The summed E-state index contributed by atoms with van der Waals surface area (Å²) in [6.45, 7) is 0. The van der Waals surface area contributed by atoms with E-state index in [1.54, 1.807) is 6.07 Å². The van der Waals surface area contributed by atoms with Crippen LogP contribution in [0, 0.1) is 0 Å². The van der Waals surface area contributed by atoms with Gasteiger partial charge in [0.25, 0.3) is 5.91 Å². The highest BCUT2D eigenvalue weighted by molar-refractivity contribution is 6.31. The summed E-state index contributed by atoms with van der Waals surface area (Å²) in [5.74, 6) is -1.09. The van der Waals surface area contributed by atoms with E-state index in [4.69, 9.17) is 23.2 Å². The molecule has 0 saturated carbocycles. The number of amides is 1. The van der Waals surface area contributed by atoms with Crippen LogP contribution >= 0.6 is 23.2 Å². The summed E-state index contributed by atoms with van der Waals surface area (Å²) in [5, 5.41) is 3.32. The molecule has 1 amide bonds. The Bertz CT molecular complexity index is 704. The Morgan fingerprint density at radius 3 is 2.52 bits per heavy atom. The van der Waals surface area contributed by atoms with Crippen LogP contribution in [0.1, 0.15) is 20.8 Å². The molecule has 1 aromatic carbocycles. The fraction of sp³-hybridized carbons (Fsp3) is 0.0714. The minimum atomic E-state index is -0.582. The first-order valence-electron chi connectivity index (χ1n) is 5.82. The van der Waals surface area contributed by atoms with Crippen molar-refractivity contribution in [1.29, 1.82) is 0 Å². The molecule has 1 heterocycles. The Morgan fingerprint density at radius 2 is 1.86 bits per heavy atom. The molecule has 0 spiro atoms. The Morgan fingerprint density at radius 1 is 1.14 bits per heavy atom. The molecule has 0 atom stereocenters. The van der Waals surface area contributed by atoms with E-state index in [1.807, 2.05) is 0 Å². The van der Waals surface area contributed by atoms with E-state index in [0.29, 0.717) is 10.0 Å². The van der Waals surface area contributed by atoms with Gasteiger partial charge in [0.2, 0.25) is 0 Å². The molecule has 0 unspecified atom stereocenters. The lowest BCUT2D eigenvalue weighted by Crippen LogP contribution is -2.16. The molecule has 0 fully saturated rings. The smallest absolute Gasteiger partial charge is 0.339 e. The number of halogens is 2. The van der Waals surface area contributed by atoms with E-state index in [9.17, 15) is 9.59 Å². The number of rotatable bonds is 3. The molecule has 0 radical (unpaired) electrons. The van der Waals surface area contributed by atoms with E-state index in [1.165, 1.54) is 37.6 Å². The van der Waals surface area contributed by atoms with Crippen LogP contribution in [-0.4, -0.2) is 24.0 Å². The van der Waals surface area contributed by atoms with Crippen molar-refractivity contribution in [2.24, 2.45) is 0 Å². The van der Waals surface area contributed by atoms with E-state index in [2.05, 4.69) is 15.0 Å². The highest BCUT2D eigenvalue weighted by atomic mass is 35.5. The number of aromatic nitrogens is 1. The van der Waals surface area contributed by atoms with E-state index in [-0.39, 0.29) is 16.9 Å². The van der Waals surface area contributed by atoms with Gasteiger partial charge in [0.15, 0.2) is 0 Å². The zero-order chi connectivity index (χ0) is 15.4. The Balaban J connectivity index is 2.32. The van der Waals surface area contributed by atoms with Crippen molar-refractivity contribution in [3.8, 4) is 0 Å². The molecule has 1 N–H and O–H groups in total. The van der Waals surface area contributed by atoms with Crippen LogP contribution in [0.5, 0.6) is 0 Å².